The zero-order chi connectivity index (χ0) is 48.6. The van der Waals surface area contributed by atoms with E-state index in [1.165, 1.54) is 28.5 Å². The molecule has 344 valence electrons. The van der Waals surface area contributed by atoms with E-state index in [0.717, 1.165) is 17.3 Å². The molecule has 65 heavy (non-hydrogen) atoms. The van der Waals surface area contributed by atoms with Crippen molar-refractivity contribution in [2.24, 2.45) is 0 Å². The van der Waals surface area contributed by atoms with Crippen molar-refractivity contribution in [1.82, 2.24) is 0 Å². The van der Waals surface area contributed by atoms with Crippen molar-refractivity contribution in [2.45, 2.75) is 12.7 Å². The van der Waals surface area contributed by atoms with Crippen LogP contribution in [0.3, 0.4) is 0 Å². The molecule has 0 fully saturated rings. The van der Waals surface area contributed by atoms with Crippen LogP contribution < -0.4 is 26.6 Å². The lowest BCUT2D eigenvalue weighted by atomic mass is 9.12. The van der Waals surface area contributed by atoms with Gasteiger partial charge in [0.25, 0.3) is 0 Å². The highest BCUT2D eigenvalue weighted by molar-refractivity contribution is 7.77. The lowest BCUT2D eigenvalue weighted by Crippen LogP contribution is -2.81. The van der Waals surface area contributed by atoms with Gasteiger partial charge in [-0.15, -0.1) is 21.9 Å². The molecule has 0 radical (unpaired) electrons. The Morgan fingerprint density at radius 1 is 0.431 bits per heavy atom. The van der Waals surface area contributed by atoms with Crippen molar-refractivity contribution >= 4 is 45.8 Å². The number of hydrogen-bond donors (Lipinski definition) is 0. The van der Waals surface area contributed by atoms with Gasteiger partial charge in [-0.25, -0.2) is 87.8 Å². The van der Waals surface area contributed by atoms with Gasteiger partial charge < -0.3 is 4.74 Å². The first-order valence-electron chi connectivity index (χ1n) is 17.7. The van der Waals surface area contributed by atoms with Crippen LogP contribution in [-0.4, -0.2) is 19.0 Å². The van der Waals surface area contributed by atoms with E-state index in [-0.39, 0.29) is 0 Å². The Hall–Kier alpha value is -6.13. The Balaban J connectivity index is 0.000000330. The van der Waals surface area contributed by atoms with Crippen LogP contribution in [-0.2, 0) is 17.5 Å². The third-order valence-electron chi connectivity index (χ3n) is 9.85. The van der Waals surface area contributed by atoms with Crippen molar-refractivity contribution in [3.05, 3.63) is 188 Å². The third kappa shape index (κ3) is 8.61. The second kappa shape index (κ2) is 19.5. The number of thiol groups is 1. The fourth-order valence-corrected chi connectivity index (χ4v) is 7.72. The number of rotatable bonds is 10. The molecule has 0 aliphatic rings. The van der Waals surface area contributed by atoms with Crippen LogP contribution in [0.1, 0.15) is 16.7 Å². The average molecular weight is 964 g/mol. The maximum Gasteiger partial charge on any atom is 0.200 e. The highest BCUT2D eigenvalue weighted by atomic mass is 32.2. The van der Waals surface area contributed by atoms with E-state index in [4.69, 9.17) is 4.74 Å². The SMILES string of the molecule is COc1ccc(C=CC[SH+]Cc2ccccc2)c(C)c1.Fc1c(F)c(F)c([B-](c2c(F)c(F)c(F)c(F)c2F)(c2c(F)c(F)c(F)c(F)c2F)c2c(F)c(F)c(F)c(F)c2F)c(F)c1F. The van der Waals surface area contributed by atoms with Gasteiger partial charge in [0.15, 0.2) is 69.8 Å². The minimum Gasteiger partial charge on any atom is -0.497 e. The zero-order valence-corrected chi connectivity index (χ0v) is 33.1. The number of benzene rings is 6. The summed E-state index contributed by atoms with van der Waals surface area (Å²) in [5.41, 5.74) is -10.4. The summed E-state index contributed by atoms with van der Waals surface area (Å²) in [4.78, 5) is 0. The number of hydrogen-bond acceptors (Lipinski definition) is 1. The van der Waals surface area contributed by atoms with Crippen LogP contribution in [0.15, 0.2) is 54.6 Å². The van der Waals surface area contributed by atoms with E-state index in [1.807, 2.05) is 6.07 Å². The van der Waals surface area contributed by atoms with Crippen LogP contribution in [0.5, 0.6) is 5.75 Å². The Morgan fingerprint density at radius 2 is 0.738 bits per heavy atom. The molecule has 0 amide bonds. The van der Waals surface area contributed by atoms with Crippen LogP contribution >= 0.6 is 0 Å². The molecule has 0 aliphatic carbocycles. The summed E-state index contributed by atoms with van der Waals surface area (Å²) < 4.78 is 299. The molecule has 0 saturated heterocycles. The summed E-state index contributed by atoms with van der Waals surface area (Å²) in [6, 6.07) is 16.8. The van der Waals surface area contributed by atoms with Crippen LogP contribution in [0.2, 0.25) is 0 Å². The predicted octanol–water partition coefficient (Wildman–Crippen LogP) is 9.88. The van der Waals surface area contributed by atoms with Crippen molar-refractivity contribution in [3.63, 3.8) is 0 Å². The molecule has 0 atom stereocenters. The fourth-order valence-electron chi connectivity index (χ4n) is 6.87. The number of methoxy groups -OCH3 is 1. The molecule has 6 aromatic carbocycles. The van der Waals surface area contributed by atoms with E-state index < -0.39 is 144 Å². The molecule has 0 saturated carbocycles. The lowest BCUT2D eigenvalue weighted by molar-refractivity contribution is 0.378. The molecule has 23 heteroatoms. The van der Waals surface area contributed by atoms with Gasteiger partial charge in [0.05, 0.1) is 7.11 Å². The molecular weight excluding hydrogens is 943 g/mol. The maximum absolute atomic E-state index is 15.4. The van der Waals surface area contributed by atoms with Crippen molar-refractivity contribution < 1.29 is 92.5 Å². The smallest absolute Gasteiger partial charge is 0.200 e. The highest BCUT2D eigenvalue weighted by Gasteiger charge is 2.52. The summed E-state index contributed by atoms with van der Waals surface area (Å²) in [6.07, 6.45) is -2.77. The second-order valence-electron chi connectivity index (χ2n) is 13.5. The van der Waals surface area contributed by atoms with E-state index in [9.17, 15) is 52.7 Å². The van der Waals surface area contributed by atoms with Crippen LogP contribution in [0, 0.1) is 123 Å². The molecule has 0 aromatic heterocycles. The Bertz CT molecular complexity index is 2470. The van der Waals surface area contributed by atoms with Gasteiger partial charge in [0.2, 0.25) is 0 Å². The molecule has 1 nitrogen and oxygen atoms in total. The minimum atomic E-state index is -7.22. The molecule has 6 rings (SSSR count). The summed E-state index contributed by atoms with van der Waals surface area (Å²) in [5, 5.41) is 0. The van der Waals surface area contributed by atoms with Crippen molar-refractivity contribution in [2.75, 3.05) is 12.9 Å². The summed E-state index contributed by atoms with van der Waals surface area (Å²) in [5.74, 6) is -68.3. The van der Waals surface area contributed by atoms with Crippen LogP contribution in [0.4, 0.5) is 87.8 Å². The van der Waals surface area contributed by atoms with Gasteiger partial charge in [-0.3, -0.25) is 0 Å². The van der Waals surface area contributed by atoms with Crippen LogP contribution in [0.25, 0.3) is 6.08 Å². The maximum atomic E-state index is 15.4. The van der Waals surface area contributed by atoms with Gasteiger partial charge >= 0.3 is 0 Å². The molecule has 6 aromatic rings. The molecule has 0 heterocycles. The monoisotopic (exact) mass is 964 g/mol. The summed E-state index contributed by atoms with van der Waals surface area (Å²) in [7, 11) is 1.70. The first-order chi connectivity index (χ1) is 30.5. The number of halogens is 20. The zero-order valence-electron chi connectivity index (χ0n) is 32.2. The first-order valence-corrected chi connectivity index (χ1v) is 19.0. The van der Waals surface area contributed by atoms with Crippen molar-refractivity contribution in [1.29, 1.82) is 0 Å². The summed E-state index contributed by atoms with van der Waals surface area (Å²) >= 11 is 1.44. The molecule has 0 N–H and O–H groups in total. The molecule has 0 spiro atoms. The quantitative estimate of drug-likeness (QED) is 0.0253. The molecule has 0 unspecified atom stereocenters. The molecule has 0 bridgehead atoms. The van der Waals surface area contributed by atoms with Gasteiger partial charge in [-0.1, -0.05) is 42.5 Å². The van der Waals surface area contributed by atoms with E-state index in [2.05, 4.69) is 61.5 Å². The van der Waals surface area contributed by atoms with E-state index in [1.54, 1.807) is 7.11 Å². The van der Waals surface area contributed by atoms with E-state index >= 15 is 35.1 Å². The van der Waals surface area contributed by atoms with Gasteiger partial charge in [-0.05, 0) is 48.0 Å². The topological polar surface area (TPSA) is 9.23 Å². The normalized spacial score (nSPS) is 11.7. The lowest BCUT2D eigenvalue weighted by Gasteiger charge is -2.44. The number of ether oxygens (including phenoxy) is 1. The Morgan fingerprint density at radius 3 is 1.03 bits per heavy atom. The standard InChI is InChI=1S/C24BF20.C18H20OS/c26-5-1(6(27)14(35)21(42)13(5)34)25(2-7(28)15(36)22(43)16(37)8(2)29,3-9(30)17(38)23(44)18(39)10(3)31)4-11(32)19(40)24(45)20(41)12(4)33;1-15-13-18(19-2)11-10-17(15)9-6-12-20-14-16-7-4-3-5-8-16/h;3-11,13H,12,14H2,1-2H3/q-1;/p+1. The number of aryl methyl sites for hydroxylation is 1. The predicted molar refractivity (Wildman–Crippen MR) is 200 cm³/mol. The average Bonchev–Trinajstić information content (AvgIpc) is 3.29. The third-order valence-corrected chi connectivity index (χ3v) is 10.9. The molecular formula is C42H21BF20OS. The Kier molecular flexibility index (Phi) is 15.0. The highest BCUT2D eigenvalue weighted by Crippen LogP contribution is 2.31. The molecule has 0 aliphatic heterocycles. The van der Waals surface area contributed by atoms with Gasteiger partial charge in [-0.2, -0.15) is 0 Å². The summed E-state index contributed by atoms with van der Waals surface area (Å²) in [6.45, 7) is 2.11. The minimum absolute atomic E-state index is 0.918. The van der Waals surface area contributed by atoms with Gasteiger partial charge in [0, 0.05) is 5.56 Å². The Labute approximate surface area is 356 Å². The van der Waals surface area contributed by atoms with Gasteiger partial charge in [0.1, 0.15) is 69.9 Å². The fraction of sp³-hybridized carbons (Fsp3) is 0.0952. The van der Waals surface area contributed by atoms with Crippen molar-refractivity contribution in [3.8, 4) is 5.75 Å². The first kappa shape index (κ1) is 49.9. The largest absolute Gasteiger partial charge is 0.497 e. The second-order valence-corrected chi connectivity index (χ2v) is 14.6. The van der Waals surface area contributed by atoms with E-state index in [0.29, 0.717) is 0 Å².